The highest BCUT2D eigenvalue weighted by Crippen LogP contribution is 2.21. The van der Waals surface area contributed by atoms with Crippen molar-refractivity contribution in [3.63, 3.8) is 0 Å². The maximum absolute atomic E-state index is 12.9. The molecule has 4 rings (SSSR count). The van der Waals surface area contributed by atoms with Crippen molar-refractivity contribution < 1.29 is 9.53 Å². The normalized spacial score (nSPS) is 10.9. The summed E-state index contributed by atoms with van der Waals surface area (Å²) in [6, 6.07) is 12.8. The molecule has 9 heteroatoms. The lowest BCUT2D eigenvalue weighted by Gasteiger charge is -2.09. The van der Waals surface area contributed by atoms with Crippen LogP contribution in [0.25, 0.3) is 16.7 Å². The van der Waals surface area contributed by atoms with E-state index in [1.54, 1.807) is 23.9 Å². The van der Waals surface area contributed by atoms with Crippen molar-refractivity contribution in [2.45, 2.75) is 20.0 Å². The Balaban J connectivity index is 1.52. The van der Waals surface area contributed by atoms with E-state index >= 15 is 0 Å². The number of amides is 1. The fraction of sp³-hybridized carbons (Fsp3) is 0.182. The molecule has 8 nitrogen and oxygen atoms in total. The third kappa shape index (κ3) is 4.29. The summed E-state index contributed by atoms with van der Waals surface area (Å²) in [7, 11) is 1.60. The molecule has 0 aliphatic carbocycles. The Morgan fingerprint density at radius 3 is 2.71 bits per heavy atom. The van der Waals surface area contributed by atoms with Crippen LogP contribution >= 0.6 is 11.6 Å². The van der Waals surface area contributed by atoms with E-state index in [0.717, 1.165) is 22.6 Å². The van der Waals surface area contributed by atoms with Gasteiger partial charge in [-0.2, -0.15) is 5.10 Å². The van der Waals surface area contributed by atoms with Crippen LogP contribution < -0.4 is 15.6 Å². The molecule has 0 saturated heterocycles. The van der Waals surface area contributed by atoms with E-state index in [-0.39, 0.29) is 18.0 Å². The van der Waals surface area contributed by atoms with E-state index in [1.807, 2.05) is 37.3 Å². The summed E-state index contributed by atoms with van der Waals surface area (Å²) in [6.45, 7) is 2.13. The molecule has 0 unspecified atom stereocenters. The quantitative estimate of drug-likeness (QED) is 0.501. The average Bonchev–Trinajstić information content (AvgIpc) is 3.21. The van der Waals surface area contributed by atoms with Crippen LogP contribution in [0.2, 0.25) is 5.02 Å². The van der Waals surface area contributed by atoms with Crippen LogP contribution in [-0.2, 0) is 17.9 Å². The van der Waals surface area contributed by atoms with Gasteiger partial charge in [-0.25, -0.2) is 9.67 Å². The molecule has 0 radical (unpaired) electrons. The van der Waals surface area contributed by atoms with Gasteiger partial charge in [0.2, 0.25) is 5.91 Å². The van der Waals surface area contributed by atoms with Crippen LogP contribution in [0.15, 0.2) is 59.8 Å². The second-order valence-corrected chi connectivity index (χ2v) is 7.46. The van der Waals surface area contributed by atoms with E-state index < -0.39 is 0 Å². The van der Waals surface area contributed by atoms with Crippen molar-refractivity contribution in [1.29, 1.82) is 0 Å². The number of halogens is 1. The number of benzene rings is 2. The van der Waals surface area contributed by atoms with Gasteiger partial charge >= 0.3 is 0 Å². The Kier molecular flexibility index (Phi) is 5.73. The Labute approximate surface area is 183 Å². The number of nitrogens with zero attached hydrogens (tertiary/aromatic N) is 4. The van der Waals surface area contributed by atoms with Gasteiger partial charge in [-0.1, -0.05) is 29.8 Å². The van der Waals surface area contributed by atoms with Crippen LogP contribution in [0.4, 0.5) is 0 Å². The molecule has 1 N–H and O–H groups in total. The predicted molar refractivity (Wildman–Crippen MR) is 118 cm³/mol. The number of hydrogen-bond donors (Lipinski definition) is 1. The number of hydrogen-bond acceptors (Lipinski definition) is 5. The number of carbonyl (C=O) groups is 1. The Morgan fingerprint density at radius 2 is 1.97 bits per heavy atom. The SMILES string of the molecule is COc1ccc(CNC(=O)Cn2cnc3c(cnn3-c3cc(Cl)ccc3C)c2=O)cc1. The van der Waals surface area contributed by atoms with Gasteiger partial charge in [0.15, 0.2) is 5.65 Å². The van der Waals surface area contributed by atoms with E-state index in [9.17, 15) is 9.59 Å². The van der Waals surface area contributed by atoms with Gasteiger partial charge in [0.25, 0.3) is 5.56 Å². The van der Waals surface area contributed by atoms with Crippen molar-refractivity contribution in [3.05, 3.63) is 81.5 Å². The third-order valence-electron chi connectivity index (χ3n) is 4.92. The lowest BCUT2D eigenvalue weighted by atomic mass is 10.2. The number of rotatable bonds is 6. The van der Waals surface area contributed by atoms with Gasteiger partial charge in [-0.15, -0.1) is 0 Å². The van der Waals surface area contributed by atoms with Crippen LogP contribution in [-0.4, -0.2) is 32.3 Å². The molecule has 0 aliphatic heterocycles. The highest BCUT2D eigenvalue weighted by atomic mass is 35.5. The van der Waals surface area contributed by atoms with Crippen molar-refractivity contribution in [2.24, 2.45) is 0 Å². The van der Waals surface area contributed by atoms with Gasteiger partial charge in [-0.3, -0.25) is 14.2 Å². The first-order chi connectivity index (χ1) is 15.0. The molecule has 4 aromatic rings. The summed E-state index contributed by atoms with van der Waals surface area (Å²) in [5.74, 6) is 0.451. The fourth-order valence-electron chi connectivity index (χ4n) is 3.20. The Hall–Kier alpha value is -3.65. The molecule has 2 aromatic carbocycles. The van der Waals surface area contributed by atoms with Crippen LogP contribution in [0.5, 0.6) is 5.75 Å². The van der Waals surface area contributed by atoms with Gasteiger partial charge < -0.3 is 10.1 Å². The van der Waals surface area contributed by atoms with Crippen LogP contribution in [0.1, 0.15) is 11.1 Å². The van der Waals surface area contributed by atoms with Crippen molar-refractivity contribution in [3.8, 4) is 11.4 Å². The number of fused-ring (bicyclic) bond motifs is 1. The monoisotopic (exact) mass is 437 g/mol. The summed E-state index contributed by atoms with van der Waals surface area (Å²) in [5, 5.41) is 8.00. The molecule has 31 heavy (non-hydrogen) atoms. The zero-order valence-electron chi connectivity index (χ0n) is 17.0. The summed E-state index contributed by atoms with van der Waals surface area (Å²) < 4.78 is 7.96. The summed E-state index contributed by atoms with van der Waals surface area (Å²) >= 11 is 6.11. The van der Waals surface area contributed by atoms with E-state index in [2.05, 4.69) is 15.4 Å². The minimum absolute atomic E-state index is 0.140. The van der Waals surface area contributed by atoms with Crippen molar-refractivity contribution >= 4 is 28.5 Å². The number of carbonyl (C=O) groups excluding carboxylic acids is 1. The molecule has 0 fully saturated rings. The molecule has 0 saturated carbocycles. The molecule has 0 aliphatic rings. The molecular weight excluding hydrogens is 418 g/mol. The topological polar surface area (TPSA) is 91.0 Å². The number of nitrogens with one attached hydrogen (secondary N) is 1. The Bertz CT molecular complexity index is 1310. The van der Waals surface area contributed by atoms with Crippen molar-refractivity contribution in [1.82, 2.24) is 24.6 Å². The summed E-state index contributed by atoms with van der Waals surface area (Å²) in [6.07, 6.45) is 2.81. The first-order valence-electron chi connectivity index (χ1n) is 9.55. The summed E-state index contributed by atoms with van der Waals surface area (Å²) in [5.41, 5.74) is 2.68. The maximum Gasteiger partial charge on any atom is 0.264 e. The third-order valence-corrected chi connectivity index (χ3v) is 5.15. The second-order valence-electron chi connectivity index (χ2n) is 7.03. The molecule has 0 atom stereocenters. The molecule has 0 bridgehead atoms. The first kappa shape index (κ1) is 20.6. The maximum atomic E-state index is 12.9. The highest BCUT2D eigenvalue weighted by molar-refractivity contribution is 6.30. The molecule has 2 aromatic heterocycles. The molecule has 0 spiro atoms. The minimum Gasteiger partial charge on any atom is -0.497 e. The predicted octanol–water partition coefficient (Wildman–Crippen LogP) is 2.87. The van der Waals surface area contributed by atoms with E-state index in [4.69, 9.17) is 16.3 Å². The number of aryl methyl sites for hydroxylation is 1. The number of aromatic nitrogens is 4. The Morgan fingerprint density at radius 1 is 1.19 bits per heavy atom. The number of methoxy groups -OCH3 is 1. The largest absolute Gasteiger partial charge is 0.497 e. The fourth-order valence-corrected chi connectivity index (χ4v) is 3.37. The molecule has 1 amide bonds. The summed E-state index contributed by atoms with van der Waals surface area (Å²) in [4.78, 5) is 29.6. The minimum atomic E-state index is -0.337. The van der Waals surface area contributed by atoms with Gasteiger partial charge in [0.05, 0.1) is 19.0 Å². The standard InChI is InChI=1S/C22H20ClN5O3/c1-14-3-6-16(23)9-19(14)28-21-18(11-26-28)22(30)27(13-25-21)12-20(29)24-10-15-4-7-17(31-2)8-5-15/h3-9,11,13H,10,12H2,1-2H3,(H,24,29). The smallest absolute Gasteiger partial charge is 0.264 e. The molecule has 2 heterocycles. The zero-order chi connectivity index (χ0) is 22.0. The van der Waals surface area contributed by atoms with Gasteiger partial charge in [0.1, 0.15) is 24.0 Å². The van der Waals surface area contributed by atoms with Gasteiger partial charge in [0, 0.05) is 11.6 Å². The lowest BCUT2D eigenvalue weighted by Crippen LogP contribution is -2.32. The average molecular weight is 438 g/mol. The second kappa shape index (κ2) is 8.61. The van der Waals surface area contributed by atoms with E-state index in [0.29, 0.717) is 22.6 Å². The van der Waals surface area contributed by atoms with Gasteiger partial charge in [-0.05, 0) is 42.3 Å². The number of ether oxygens (including phenoxy) is 1. The van der Waals surface area contributed by atoms with Crippen LogP contribution in [0, 0.1) is 6.92 Å². The van der Waals surface area contributed by atoms with Crippen LogP contribution in [0.3, 0.4) is 0 Å². The van der Waals surface area contributed by atoms with Crippen molar-refractivity contribution in [2.75, 3.05) is 7.11 Å². The highest BCUT2D eigenvalue weighted by Gasteiger charge is 2.14. The molecular formula is C22H20ClN5O3. The zero-order valence-corrected chi connectivity index (χ0v) is 17.8. The first-order valence-corrected chi connectivity index (χ1v) is 9.93. The molecule has 158 valence electrons. The van der Waals surface area contributed by atoms with E-state index in [1.165, 1.54) is 17.1 Å². The lowest BCUT2D eigenvalue weighted by molar-refractivity contribution is -0.121.